The van der Waals surface area contributed by atoms with Crippen molar-refractivity contribution >= 4 is 21.4 Å². The second-order valence-electron chi connectivity index (χ2n) is 3.69. The van der Waals surface area contributed by atoms with E-state index in [1.807, 2.05) is 0 Å². The number of hydrogen-bond acceptors (Lipinski definition) is 5. The van der Waals surface area contributed by atoms with E-state index in [9.17, 15) is 27.3 Å². The van der Waals surface area contributed by atoms with E-state index in [1.165, 1.54) is 13.0 Å². The van der Waals surface area contributed by atoms with Crippen LogP contribution < -0.4 is 4.72 Å². The molecule has 7 nitrogen and oxygen atoms in total. The van der Waals surface area contributed by atoms with Gasteiger partial charge in [0, 0.05) is 6.07 Å². The van der Waals surface area contributed by atoms with Gasteiger partial charge in [0.15, 0.2) is 22.6 Å². The van der Waals surface area contributed by atoms with E-state index in [0.717, 1.165) is 0 Å². The number of halogens is 2. The smallest absolute Gasteiger partial charge is 0.273 e. The van der Waals surface area contributed by atoms with Crippen LogP contribution in [0.5, 0.6) is 0 Å². The van der Waals surface area contributed by atoms with Crippen molar-refractivity contribution in [3.63, 3.8) is 0 Å². The van der Waals surface area contributed by atoms with Gasteiger partial charge in [-0.2, -0.15) is 5.26 Å². The van der Waals surface area contributed by atoms with Gasteiger partial charge in [0.2, 0.25) is 10.0 Å². The molecule has 1 rings (SSSR count). The molecule has 0 radical (unpaired) electrons. The Bertz CT molecular complexity index is 684. The molecule has 1 aromatic carbocycles. The van der Waals surface area contributed by atoms with Crippen molar-refractivity contribution in [2.75, 3.05) is 4.72 Å². The van der Waals surface area contributed by atoms with Crippen molar-refractivity contribution in [3.05, 3.63) is 33.9 Å². The van der Waals surface area contributed by atoms with Gasteiger partial charge < -0.3 is 0 Å². The highest BCUT2D eigenvalue weighted by Crippen LogP contribution is 2.30. The van der Waals surface area contributed by atoms with Crippen LogP contribution in [-0.4, -0.2) is 18.6 Å². The maximum absolute atomic E-state index is 13.5. The summed E-state index contributed by atoms with van der Waals surface area (Å²) in [6, 6.07) is 2.59. The normalized spacial score (nSPS) is 12.5. The molecule has 0 amide bonds. The van der Waals surface area contributed by atoms with Crippen molar-refractivity contribution in [1.29, 1.82) is 5.26 Å². The minimum Gasteiger partial charge on any atom is -0.273 e. The highest BCUT2D eigenvalue weighted by Gasteiger charge is 2.30. The number of sulfonamides is 1. The Balaban J connectivity index is 3.38. The van der Waals surface area contributed by atoms with Gasteiger partial charge in [0.05, 0.1) is 11.0 Å². The Hall–Kier alpha value is -2.28. The van der Waals surface area contributed by atoms with Crippen molar-refractivity contribution in [2.45, 2.75) is 18.6 Å². The zero-order chi connectivity index (χ0) is 15.5. The minimum absolute atomic E-state index is 0.115. The molecule has 0 fully saturated rings. The van der Waals surface area contributed by atoms with Crippen LogP contribution in [0.15, 0.2) is 12.1 Å². The average molecular weight is 305 g/mol. The maximum atomic E-state index is 13.5. The predicted octanol–water partition coefficient (Wildman–Crippen LogP) is 1.92. The van der Waals surface area contributed by atoms with Gasteiger partial charge in [-0.05, 0) is 12.5 Å². The van der Waals surface area contributed by atoms with Gasteiger partial charge in [-0.15, -0.1) is 0 Å². The molecule has 0 spiro atoms. The largest absolute Gasteiger partial charge is 0.296 e. The third kappa shape index (κ3) is 3.00. The van der Waals surface area contributed by atoms with Gasteiger partial charge in [0.1, 0.15) is 0 Å². The number of hydrogen-bond donors (Lipinski definition) is 1. The molecule has 1 unspecified atom stereocenters. The molecule has 0 bridgehead atoms. The van der Waals surface area contributed by atoms with E-state index in [-0.39, 0.29) is 6.42 Å². The lowest BCUT2D eigenvalue weighted by Gasteiger charge is -2.12. The van der Waals surface area contributed by atoms with E-state index < -0.39 is 43.2 Å². The Morgan fingerprint density at radius 3 is 2.55 bits per heavy atom. The standard InChI is InChI=1S/C10H9F2N3O4S/c1-2-6(5-13)20(18,19)14-10-8(15(16)17)4-3-7(11)9(10)12/h3-4,6,14H,2H2,1H3. The summed E-state index contributed by atoms with van der Waals surface area (Å²) in [6.07, 6.45) is -0.115. The Morgan fingerprint density at radius 1 is 1.50 bits per heavy atom. The Morgan fingerprint density at radius 2 is 2.10 bits per heavy atom. The molecule has 0 aliphatic rings. The lowest BCUT2D eigenvalue weighted by Crippen LogP contribution is -2.27. The Labute approximate surface area is 113 Å². The van der Waals surface area contributed by atoms with Crippen molar-refractivity contribution in [1.82, 2.24) is 0 Å². The molecule has 0 aliphatic carbocycles. The molecule has 1 atom stereocenters. The first-order valence-corrected chi connectivity index (χ1v) is 6.82. The van der Waals surface area contributed by atoms with Gasteiger partial charge in [-0.3, -0.25) is 14.8 Å². The highest BCUT2D eigenvalue weighted by molar-refractivity contribution is 7.93. The second kappa shape index (κ2) is 5.79. The molecule has 1 aromatic rings. The fraction of sp³-hybridized carbons (Fsp3) is 0.300. The van der Waals surface area contributed by atoms with Crippen LogP contribution in [0.4, 0.5) is 20.2 Å². The van der Waals surface area contributed by atoms with Gasteiger partial charge in [-0.1, -0.05) is 6.92 Å². The Kier molecular flexibility index (Phi) is 4.57. The molecule has 0 heterocycles. The van der Waals surface area contributed by atoms with Crippen LogP contribution in [0, 0.1) is 33.1 Å². The summed E-state index contributed by atoms with van der Waals surface area (Å²) in [7, 11) is -4.39. The number of nitrogens with one attached hydrogen (secondary N) is 1. The molecule has 1 N–H and O–H groups in total. The fourth-order valence-electron chi connectivity index (χ4n) is 1.38. The number of anilines is 1. The lowest BCUT2D eigenvalue weighted by atomic mass is 10.2. The van der Waals surface area contributed by atoms with Crippen LogP contribution in [0.1, 0.15) is 13.3 Å². The monoisotopic (exact) mass is 305 g/mol. The van der Waals surface area contributed by atoms with Crippen LogP contribution in [0.25, 0.3) is 0 Å². The van der Waals surface area contributed by atoms with E-state index in [0.29, 0.717) is 12.1 Å². The molecule has 0 saturated heterocycles. The summed E-state index contributed by atoms with van der Waals surface area (Å²) in [5, 5.41) is 17.8. The summed E-state index contributed by atoms with van der Waals surface area (Å²) >= 11 is 0. The second-order valence-corrected chi connectivity index (χ2v) is 5.55. The van der Waals surface area contributed by atoms with Gasteiger partial charge >= 0.3 is 0 Å². The molecule has 0 saturated carbocycles. The number of rotatable bonds is 5. The average Bonchev–Trinajstić information content (AvgIpc) is 2.35. The van der Waals surface area contributed by atoms with Crippen molar-refractivity contribution < 1.29 is 22.1 Å². The minimum atomic E-state index is -4.39. The first-order valence-electron chi connectivity index (χ1n) is 5.28. The molecule has 20 heavy (non-hydrogen) atoms. The fourth-order valence-corrected chi connectivity index (χ4v) is 2.58. The molecular weight excluding hydrogens is 296 g/mol. The predicted molar refractivity (Wildman–Crippen MR) is 65.2 cm³/mol. The topological polar surface area (TPSA) is 113 Å². The van der Waals surface area contributed by atoms with Crippen molar-refractivity contribution in [3.8, 4) is 6.07 Å². The number of benzene rings is 1. The molecule has 0 aliphatic heterocycles. The molecule has 0 aromatic heterocycles. The van der Waals surface area contributed by atoms with Gasteiger partial charge in [-0.25, -0.2) is 17.2 Å². The summed E-state index contributed by atoms with van der Waals surface area (Å²) in [4.78, 5) is 9.63. The highest BCUT2D eigenvalue weighted by atomic mass is 32.2. The van der Waals surface area contributed by atoms with E-state index in [1.54, 1.807) is 4.72 Å². The van der Waals surface area contributed by atoms with Crippen LogP contribution >= 0.6 is 0 Å². The van der Waals surface area contributed by atoms with Crippen LogP contribution in [0.2, 0.25) is 0 Å². The first kappa shape index (κ1) is 15.8. The van der Waals surface area contributed by atoms with E-state index in [2.05, 4.69) is 0 Å². The zero-order valence-electron chi connectivity index (χ0n) is 10.1. The quantitative estimate of drug-likeness (QED) is 0.659. The third-order valence-corrected chi connectivity index (χ3v) is 4.08. The number of nitro benzene ring substituents is 1. The number of nitrogens with zero attached hydrogens (tertiary/aromatic N) is 2. The third-order valence-electron chi connectivity index (χ3n) is 2.40. The lowest BCUT2D eigenvalue weighted by molar-refractivity contribution is -0.384. The van der Waals surface area contributed by atoms with Gasteiger partial charge in [0.25, 0.3) is 5.69 Å². The van der Waals surface area contributed by atoms with Crippen LogP contribution in [0.3, 0.4) is 0 Å². The number of nitro groups is 1. The summed E-state index contributed by atoms with van der Waals surface area (Å²) in [6.45, 7) is 1.39. The molecular formula is C10H9F2N3O4S. The molecule has 10 heteroatoms. The van der Waals surface area contributed by atoms with E-state index in [4.69, 9.17) is 5.26 Å². The molecule has 108 valence electrons. The zero-order valence-corrected chi connectivity index (χ0v) is 10.9. The van der Waals surface area contributed by atoms with Crippen molar-refractivity contribution in [2.24, 2.45) is 0 Å². The summed E-state index contributed by atoms with van der Waals surface area (Å²) < 4.78 is 51.7. The van der Waals surface area contributed by atoms with E-state index >= 15 is 0 Å². The number of nitriles is 1. The summed E-state index contributed by atoms with van der Waals surface area (Å²) in [5.74, 6) is -3.14. The maximum Gasteiger partial charge on any atom is 0.296 e. The summed E-state index contributed by atoms with van der Waals surface area (Å²) in [5.41, 5.74) is -2.07. The van der Waals surface area contributed by atoms with Crippen LogP contribution in [-0.2, 0) is 10.0 Å². The first-order chi connectivity index (χ1) is 9.24. The SMILES string of the molecule is CCC(C#N)S(=O)(=O)Nc1c([N+](=O)[O-])ccc(F)c1F.